The fraction of sp³-hybridized carbons (Fsp3) is 0.484. The van der Waals surface area contributed by atoms with Crippen LogP contribution in [0, 0.1) is 18.8 Å². The predicted octanol–water partition coefficient (Wildman–Crippen LogP) is 8.66. The van der Waals surface area contributed by atoms with Gasteiger partial charge in [-0.2, -0.15) is 0 Å². The molecule has 1 aromatic heterocycles. The highest BCUT2D eigenvalue weighted by Gasteiger charge is 2.24. The number of ether oxygens (including phenoxy) is 1. The quantitative estimate of drug-likeness (QED) is 0.271. The van der Waals surface area contributed by atoms with Crippen molar-refractivity contribution in [3.05, 3.63) is 66.5 Å². The molecule has 1 heterocycles. The molecule has 1 aliphatic rings. The molecule has 0 spiro atoms. The van der Waals surface area contributed by atoms with Gasteiger partial charge in [0.05, 0.1) is 6.61 Å². The molecule has 2 atom stereocenters. The van der Waals surface area contributed by atoms with Crippen LogP contribution in [0.25, 0.3) is 22.5 Å². The summed E-state index contributed by atoms with van der Waals surface area (Å²) in [4.78, 5) is 8.84. The van der Waals surface area contributed by atoms with E-state index in [9.17, 15) is 0 Å². The van der Waals surface area contributed by atoms with Crippen molar-refractivity contribution < 1.29 is 4.74 Å². The van der Waals surface area contributed by atoms with Gasteiger partial charge >= 0.3 is 0 Å². The lowest BCUT2D eigenvalue weighted by Gasteiger charge is -2.31. The number of hydrogen-bond acceptors (Lipinski definition) is 3. The van der Waals surface area contributed by atoms with E-state index in [1.807, 2.05) is 19.3 Å². The number of nitrogens with zero attached hydrogens (tertiary/aromatic N) is 2. The molecule has 3 aromatic rings. The molecule has 1 aliphatic carbocycles. The maximum absolute atomic E-state index is 6.09. The zero-order valence-corrected chi connectivity index (χ0v) is 21.0. The molecular formula is C31H40N2O. The van der Waals surface area contributed by atoms with Gasteiger partial charge in [0.25, 0.3) is 0 Å². The fourth-order valence-corrected chi connectivity index (χ4v) is 5.33. The highest BCUT2D eigenvalue weighted by atomic mass is 16.5. The van der Waals surface area contributed by atoms with E-state index >= 15 is 0 Å². The second kappa shape index (κ2) is 12.7. The maximum atomic E-state index is 6.09. The van der Waals surface area contributed by atoms with E-state index in [4.69, 9.17) is 4.74 Å². The third kappa shape index (κ3) is 6.91. The van der Waals surface area contributed by atoms with E-state index in [0.717, 1.165) is 41.1 Å². The average molecular weight is 457 g/mol. The summed E-state index contributed by atoms with van der Waals surface area (Å²) < 4.78 is 6.09. The molecule has 180 valence electrons. The molecule has 1 fully saturated rings. The minimum Gasteiger partial charge on any atom is -0.494 e. The number of aromatic nitrogens is 2. The molecule has 3 heteroatoms. The van der Waals surface area contributed by atoms with E-state index in [-0.39, 0.29) is 0 Å². The van der Waals surface area contributed by atoms with E-state index in [1.165, 1.54) is 75.3 Å². The highest BCUT2D eigenvalue weighted by Crippen LogP contribution is 2.36. The Bertz CT molecular complexity index is 979. The van der Waals surface area contributed by atoms with Gasteiger partial charge in [-0.1, -0.05) is 94.7 Å². The lowest BCUT2D eigenvalue weighted by Crippen LogP contribution is -2.20. The molecule has 0 radical (unpaired) electrons. The Morgan fingerprint density at radius 1 is 0.735 bits per heavy atom. The summed E-state index contributed by atoms with van der Waals surface area (Å²) in [7, 11) is 0. The zero-order chi connectivity index (χ0) is 23.6. The third-order valence-corrected chi connectivity index (χ3v) is 7.34. The third-order valence-electron chi connectivity index (χ3n) is 7.34. The second-order valence-electron chi connectivity index (χ2n) is 9.98. The standard InChI is InChI=1S/C31H40N2O/c1-3-4-5-9-25-10-6-7-11-26(25)12-8-21-34-30-19-17-28(18-20-30)27-13-15-29(16-14-27)31-32-22-24(2)23-33-31/h13-20,22-23,25-26H,3-12,21H2,1-2H3. The summed E-state index contributed by atoms with van der Waals surface area (Å²) in [6.45, 7) is 5.13. The number of hydrogen-bond donors (Lipinski definition) is 0. The van der Waals surface area contributed by atoms with Crippen molar-refractivity contribution in [3.63, 3.8) is 0 Å². The highest BCUT2D eigenvalue weighted by molar-refractivity contribution is 5.68. The molecule has 2 unspecified atom stereocenters. The Labute approximate surface area is 206 Å². The summed E-state index contributed by atoms with van der Waals surface area (Å²) in [5.74, 6) is 3.62. The molecule has 0 N–H and O–H groups in total. The van der Waals surface area contributed by atoms with Crippen LogP contribution in [0.15, 0.2) is 60.9 Å². The summed E-state index contributed by atoms with van der Waals surface area (Å²) in [6, 6.07) is 16.9. The molecule has 34 heavy (non-hydrogen) atoms. The molecule has 0 bridgehead atoms. The van der Waals surface area contributed by atoms with Gasteiger partial charge in [0, 0.05) is 18.0 Å². The van der Waals surface area contributed by atoms with Crippen LogP contribution in [0.1, 0.15) is 76.7 Å². The molecule has 0 aliphatic heterocycles. The first-order chi connectivity index (χ1) is 16.7. The van der Waals surface area contributed by atoms with Crippen LogP contribution in [0.3, 0.4) is 0 Å². The van der Waals surface area contributed by atoms with E-state index in [1.54, 1.807) is 0 Å². The van der Waals surface area contributed by atoms with Gasteiger partial charge in [-0.25, -0.2) is 9.97 Å². The second-order valence-corrected chi connectivity index (χ2v) is 9.98. The summed E-state index contributed by atoms with van der Waals surface area (Å²) in [6.07, 6.45) is 17.6. The summed E-state index contributed by atoms with van der Waals surface area (Å²) >= 11 is 0. The van der Waals surface area contributed by atoms with Gasteiger partial charge in [-0.3, -0.25) is 0 Å². The molecule has 0 amide bonds. The van der Waals surface area contributed by atoms with Gasteiger partial charge in [0.2, 0.25) is 0 Å². The first-order valence-electron chi connectivity index (χ1n) is 13.3. The van der Waals surface area contributed by atoms with Crippen molar-refractivity contribution in [2.75, 3.05) is 6.61 Å². The first kappa shape index (κ1) is 24.4. The molecule has 1 saturated carbocycles. The van der Waals surface area contributed by atoms with Crippen LogP contribution in [-0.2, 0) is 0 Å². The number of rotatable bonds is 11. The van der Waals surface area contributed by atoms with Crippen LogP contribution in [0.4, 0.5) is 0 Å². The Balaban J connectivity index is 1.24. The Morgan fingerprint density at radius 3 is 1.91 bits per heavy atom. The normalized spacial score (nSPS) is 18.1. The molecule has 2 aromatic carbocycles. The smallest absolute Gasteiger partial charge is 0.159 e. The molecule has 0 saturated heterocycles. The Kier molecular flexibility index (Phi) is 9.12. The van der Waals surface area contributed by atoms with Crippen molar-refractivity contribution >= 4 is 0 Å². The van der Waals surface area contributed by atoms with Crippen LogP contribution < -0.4 is 4.74 Å². The summed E-state index contributed by atoms with van der Waals surface area (Å²) in [5.41, 5.74) is 4.49. The van der Waals surface area contributed by atoms with Crippen molar-refractivity contribution in [2.24, 2.45) is 11.8 Å². The molecular weight excluding hydrogens is 416 g/mol. The van der Waals surface area contributed by atoms with Gasteiger partial charge in [-0.05, 0) is 60.4 Å². The maximum Gasteiger partial charge on any atom is 0.159 e. The van der Waals surface area contributed by atoms with Crippen molar-refractivity contribution in [1.29, 1.82) is 0 Å². The lowest BCUT2D eigenvalue weighted by molar-refractivity contribution is 0.190. The van der Waals surface area contributed by atoms with E-state index in [0.29, 0.717) is 0 Å². The van der Waals surface area contributed by atoms with Gasteiger partial charge in [0.1, 0.15) is 5.75 Å². The number of aryl methyl sites for hydroxylation is 1. The topological polar surface area (TPSA) is 35.0 Å². The Morgan fingerprint density at radius 2 is 1.29 bits per heavy atom. The molecule has 3 nitrogen and oxygen atoms in total. The SMILES string of the molecule is CCCCCC1CCCCC1CCCOc1ccc(-c2ccc(-c3ncc(C)cn3)cc2)cc1. The van der Waals surface area contributed by atoms with E-state index < -0.39 is 0 Å². The van der Waals surface area contributed by atoms with Crippen LogP contribution >= 0.6 is 0 Å². The Hall–Kier alpha value is -2.68. The lowest BCUT2D eigenvalue weighted by atomic mass is 9.74. The van der Waals surface area contributed by atoms with Crippen LogP contribution in [0.2, 0.25) is 0 Å². The predicted molar refractivity (Wildman–Crippen MR) is 142 cm³/mol. The molecule has 4 rings (SSSR count). The van der Waals surface area contributed by atoms with Crippen LogP contribution in [0.5, 0.6) is 5.75 Å². The summed E-state index contributed by atoms with van der Waals surface area (Å²) in [5, 5.41) is 0. The van der Waals surface area contributed by atoms with Crippen molar-refractivity contribution in [2.45, 2.75) is 78.1 Å². The van der Waals surface area contributed by atoms with Gasteiger partial charge < -0.3 is 4.74 Å². The first-order valence-corrected chi connectivity index (χ1v) is 13.3. The van der Waals surface area contributed by atoms with Crippen molar-refractivity contribution in [1.82, 2.24) is 9.97 Å². The zero-order valence-electron chi connectivity index (χ0n) is 21.0. The minimum atomic E-state index is 0.765. The van der Waals surface area contributed by atoms with Gasteiger partial charge in [0.15, 0.2) is 5.82 Å². The van der Waals surface area contributed by atoms with Gasteiger partial charge in [-0.15, -0.1) is 0 Å². The van der Waals surface area contributed by atoms with Crippen molar-refractivity contribution in [3.8, 4) is 28.3 Å². The largest absolute Gasteiger partial charge is 0.494 e. The average Bonchev–Trinajstić information content (AvgIpc) is 2.88. The van der Waals surface area contributed by atoms with Crippen LogP contribution in [-0.4, -0.2) is 16.6 Å². The minimum absolute atomic E-state index is 0.765. The number of benzene rings is 2. The number of unbranched alkanes of at least 4 members (excludes halogenated alkanes) is 2. The monoisotopic (exact) mass is 456 g/mol. The fourth-order valence-electron chi connectivity index (χ4n) is 5.33. The van der Waals surface area contributed by atoms with E-state index in [2.05, 4.69) is 65.4 Å².